The van der Waals surface area contributed by atoms with E-state index in [2.05, 4.69) is 15.3 Å². The van der Waals surface area contributed by atoms with Crippen molar-refractivity contribution in [3.05, 3.63) is 40.8 Å². The van der Waals surface area contributed by atoms with Gasteiger partial charge in [0, 0.05) is 51.8 Å². The number of ether oxygens (including phenoxy) is 1. The van der Waals surface area contributed by atoms with E-state index in [1.807, 2.05) is 56.0 Å². The molecule has 2 aromatic rings. The Morgan fingerprint density at radius 2 is 1.69 bits per heavy atom. The summed E-state index contributed by atoms with van der Waals surface area (Å²) in [6.07, 6.45) is 3.07. The first kappa shape index (κ1) is 29.2. The van der Waals surface area contributed by atoms with Crippen LogP contribution in [0.1, 0.15) is 52.9 Å². The molecule has 1 amide bonds. The Labute approximate surface area is 212 Å². The molecule has 1 aromatic carbocycles. The zero-order valence-electron chi connectivity index (χ0n) is 21.9. The molecule has 0 radical (unpaired) electrons. The second kappa shape index (κ2) is 14.5. The lowest BCUT2D eigenvalue weighted by atomic mass is 9.85. The molecule has 1 saturated heterocycles. The highest BCUT2D eigenvalue weighted by molar-refractivity contribution is 5.94. The Hall–Kier alpha value is -3.05. The van der Waals surface area contributed by atoms with Gasteiger partial charge in [-0.15, -0.1) is 0 Å². The third-order valence-electron chi connectivity index (χ3n) is 6.33. The fourth-order valence-corrected chi connectivity index (χ4v) is 4.41. The lowest BCUT2D eigenvalue weighted by Crippen LogP contribution is -2.60. The highest BCUT2D eigenvalue weighted by atomic mass is 16.5. The molecule has 1 aliphatic rings. The van der Waals surface area contributed by atoms with Crippen LogP contribution in [0, 0.1) is 0 Å². The summed E-state index contributed by atoms with van der Waals surface area (Å²) >= 11 is 0. The average Bonchev–Trinajstić information content (AvgIpc) is 3.24. The number of nitrogens with zero attached hydrogens (tertiary/aromatic N) is 6. The molecule has 0 unspecified atom stereocenters. The molecule has 0 atom stereocenters. The number of carboxylic acid groups (broad SMARTS) is 1. The van der Waals surface area contributed by atoms with Gasteiger partial charge in [-0.3, -0.25) is 9.59 Å². The smallest absolute Gasteiger partial charge is 0.363 e. The minimum Gasteiger partial charge on any atom is -0.481 e. The number of aryl methyl sites for hydroxylation is 1. The van der Waals surface area contributed by atoms with Gasteiger partial charge in [-0.1, -0.05) is 32.0 Å². The second-order valence-corrected chi connectivity index (χ2v) is 8.86. The first-order valence-electron chi connectivity index (χ1n) is 12.6. The van der Waals surface area contributed by atoms with Gasteiger partial charge >= 0.3 is 11.7 Å². The zero-order valence-corrected chi connectivity index (χ0v) is 21.9. The molecule has 1 N–H and O–H groups in total. The van der Waals surface area contributed by atoms with E-state index in [-0.39, 0.29) is 17.1 Å². The summed E-state index contributed by atoms with van der Waals surface area (Å²) in [6.45, 7) is 9.49. The normalized spacial score (nSPS) is 15.1. The van der Waals surface area contributed by atoms with Gasteiger partial charge in [0.15, 0.2) is 0 Å². The summed E-state index contributed by atoms with van der Waals surface area (Å²) in [5.41, 5.74) is 0.367. The van der Waals surface area contributed by atoms with Crippen molar-refractivity contribution in [2.75, 3.05) is 38.3 Å². The minimum absolute atomic E-state index is 0.106. The highest BCUT2D eigenvalue weighted by Crippen LogP contribution is 2.34. The Morgan fingerprint density at radius 1 is 1.06 bits per heavy atom. The van der Waals surface area contributed by atoms with Gasteiger partial charge in [-0.05, 0) is 48.7 Å². The molecular formula is C25H40N6O5. The van der Waals surface area contributed by atoms with Crippen molar-refractivity contribution >= 4 is 17.6 Å². The molecular weight excluding hydrogens is 464 g/mol. The van der Waals surface area contributed by atoms with E-state index in [4.69, 9.17) is 9.84 Å². The Morgan fingerprint density at radius 3 is 2.17 bits per heavy atom. The van der Waals surface area contributed by atoms with Crippen LogP contribution in [-0.2, 0) is 27.4 Å². The van der Waals surface area contributed by atoms with E-state index < -0.39 is 5.97 Å². The van der Waals surface area contributed by atoms with E-state index in [1.54, 1.807) is 7.11 Å². The Bertz CT molecular complexity index is 998. The zero-order chi connectivity index (χ0) is 26.6. The highest BCUT2D eigenvalue weighted by Gasteiger charge is 2.42. The predicted octanol–water partition coefficient (Wildman–Crippen LogP) is 2.25. The van der Waals surface area contributed by atoms with Crippen LogP contribution in [-0.4, -0.2) is 80.6 Å². The van der Waals surface area contributed by atoms with Crippen LogP contribution in [0.3, 0.4) is 0 Å². The molecule has 0 aliphatic carbocycles. The topological polar surface area (TPSA) is 123 Å². The quantitative estimate of drug-likeness (QED) is 0.494. The van der Waals surface area contributed by atoms with Crippen LogP contribution < -0.4 is 10.6 Å². The number of piperidine rings is 1. The van der Waals surface area contributed by atoms with E-state index in [0.29, 0.717) is 32.5 Å². The Balaban J connectivity index is 0.000000678. The van der Waals surface area contributed by atoms with E-state index in [0.717, 1.165) is 44.6 Å². The second-order valence-electron chi connectivity index (χ2n) is 8.86. The van der Waals surface area contributed by atoms with Crippen molar-refractivity contribution in [2.24, 2.45) is 0 Å². The number of aliphatic carboxylic acids is 1. The fourth-order valence-electron chi connectivity index (χ4n) is 4.41. The summed E-state index contributed by atoms with van der Waals surface area (Å²) < 4.78 is 8.37. The number of anilines is 1. The molecule has 1 fully saturated rings. The van der Waals surface area contributed by atoms with Crippen LogP contribution in [0.2, 0.25) is 0 Å². The molecule has 11 heteroatoms. The van der Waals surface area contributed by atoms with Gasteiger partial charge in [-0.25, -0.2) is 4.79 Å². The largest absolute Gasteiger partial charge is 0.481 e. The lowest BCUT2D eigenvalue weighted by molar-refractivity contribution is -0.137. The summed E-state index contributed by atoms with van der Waals surface area (Å²) in [6, 6.07) is 9.85. The number of tetrazole rings is 1. The molecule has 3 rings (SSSR count). The summed E-state index contributed by atoms with van der Waals surface area (Å²) in [5, 5.41) is 15.7. The molecule has 1 aliphatic heterocycles. The maximum absolute atomic E-state index is 13.0. The van der Waals surface area contributed by atoms with Gasteiger partial charge in [0.05, 0.1) is 18.7 Å². The SMILES string of the molecule is CCC(=O)N(c1ccccc1)C1(COC)CCN(CCn2nnn(CC)c2=O)CC1.CCCC(=O)O. The van der Waals surface area contributed by atoms with Crippen LogP contribution in [0.15, 0.2) is 35.1 Å². The lowest BCUT2D eigenvalue weighted by Gasteiger charge is -2.48. The third-order valence-corrected chi connectivity index (χ3v) is 6.33. The fraction of sp³-hybridized carbons (Fsp3) is 0.640. The number of aromatic nitrogens is 4. The summed E-state index contributed by atoms with van der Waals surface area (Å²) in [5.74, 6) is -0.605. The number of para-hydroxylation sites is 1. The monoisotopic (exact) mass is 504 g/mol. The molecule has 2 heterocycles. The van der Waals surface area contributed by atoms with E-state index in [9.17, 15) is 14.4 Å². The van der Waals surface area contributed by atoms with Gasteiger partial charge < -0.3 is 19.6 Å². The number of benzene rings is 1. The number of carboxylic acids is 1. The molecule has 36 heavy (non-hydrogen) atoms. The average molecular weight is 505 g/mol. The van der Waals surface area contributed by atoms with Crippen molar-refractivity contribution in [3.8, 4) is 0 Å². The number of hydrogen-bond donors (Lipinski definition) is 1. The van der Waals surface area contributed by atoms with Gasteiger partial charge in [-0.2, -0.15) is 9.36 Å². The van der Waals surface area contributed by atoms with Crippen molar-refractivity contribution in [3.63, 3.8) is 0 Å². The molecule has 0 bridgehead atoms. The third kappa shape index (κ3) is 7.72. The molecule has 200 valence electrons. The maximum atomic E-state index is 13.0. The number of carbonyl (C=O) groups is 2. The maximum Gasteiger partial charge on any atom is 0.363 e. The van der Waals surface area contributed by atoms with Crippen LogP contribution in [0.5, 0.6) is 0 Å². The number of hydrogen-bond acceptors (Lipinski definition) is 7. The molecule has 11 nitrogen and oxygen atoms in total. The van der Waals surface area contributed by atoms with Crippen molar-refractivity contribution in [1.82, 2.24) is 24.7 Å². The van der Waals surface area contributed by atoms with E-state index in [1.165, 1.54) is 9.36 Å². The van der Waals surface area contributed by atoms with Crippen LogP contribution in [0.25, 0.3) is 0 Å². The number of methoxy groups -OCH3 is 1. The van der Waals surface area contributed by atoms with Crippen LogP contribution in [0.4, 0.5) is 5.69 Å². The summed E-state index contributed by atoms with van der Waals surface area (Å²) in [4.78, 5) is 38.9. The Kier molecular flexibility index (Phi) is 11.7. The standard InChI is InChI=1S/C21H32N6O3.C4H8O2/c1-4-19(28)27(18-9-7-6-8-10-18)21(17-30-3)11-13-24(14-12-21)15-16-26-20(29)25(5-2)22-23-26;1-2-3-4(5)6/h6-10H,4-5,11-17H2,1-3H3;2-3H2,1H3,(H,5,6). The molecule has 0 saturated carbocycles. The molecule has 0 spiro atoms. The van der Waals surface area contributed by atoms with E-state index >= 15 is 0 Å². The first-order chi connectivity index (χ1) is 17.3. The van der Waals surface area contributed by atoms with Gasteiger partial charge in [0.25, 0.3) is 0 Å². The number of likely N-dealkylation sites (tertiary alicyclic amines) is 1. The predicted molar refractivity (Wildman–Crippen MR) is 137 cm³/mol. The number of amides is 1. The number of carbonyl (C=O) groups excluding carboxylic acids is 1. The number of rotatable bonds is 11. The molecule has 1 aromatic heterocycles. The first-order valence-corrected chi connectivity index (χ1v) is 12.6. The minimum atomic E-state index is -0.711. The van der Waals surface area contributed by atoms with Crippen molar-refractivity contribution < 1.29 is 19.4 Å². The van der Waals surface area contributed by atoms with Gasteiger partial charge in [0.1, 0.15) is 0 Å². The van der Waals surface area contributed by atoms with Crippen molar-refractivity contribution in [1.29, 1.82) is 0 Å². The van der Waals surface area contributed by atoms with Crippen LogP contribution >= 0.6 is 0 Å². The summed E-state index contributed by atoms with van der Waals surface area (Å²) in [7, 11) is 1.69. The van der Waals surface area contributed by atoms with Crippen molar-refractivity contribution in [2.45, 2.75) is 71.5 Å². The van der Waals surface area contributed by atoms with Gasteiger partial charge in [0.2, 0.25) is 5.91 Å².